The second kappa shape index (κ2) is 22.9. The Balaban J connectivity index is 0.865. The number of rotatable bonds is 15. The van der Waals surface area contributed by atoms with E-state index in [1.54, 1.807) is 41.1 Å². The standard InChI is InChI=1S/C53H86O20/c1-12-24(2)48(60)70-37-20-33-32(53(61)18-16-31(25(3)55)52(37,53)8)14-13-29-19-30(15-17-51(29,33)7)68-38-21-34(62-9)44(26(4)65-38)71-39-22-35(63-10)45(27(5)66-39)72-50-43(59)47(64-11)46(28(6)67-50)73-49-42(58)41(57)40(56)36(23-54)69-49/h12-13,25-28,30-47,49-50,54-59,61H,14-23H2,1-11H3/b24-12+/t25?,26-,27-,28-,30+,31-,32-,33+,34+,35+,36-,37-,38+,39+,40-,41+,42-,43-,44+,45+,46-,47+,49+,50+,51+,52+,53+/m1/s1. The van der Waals surface area contributed by atoms with Crippen LogP contribution in [0, 0.1) is 28.6 Å². The number of esters is 1. The number of hydrogen-bond donors (Lipinski definition) is 7. The maximum atomic E-state index is 13.4. The topological polar surface area (TPSA) is 269 Å². The van der Waals surface area contributed by atoms with Gasteiger partial charge in [0.05, 0.1) is 54.9 Å². The Bertz CT molecular complexity index is 1940. The summed E-state index contributed by atoms with van der Waals surface area (Å²) in [6.07, 6.45) is -9.40. The van der Waals surface area contributed by atoms with Gasteiger partial charge in [-0.25, -0.2) is 4.79 Å². The highest BCUT2D eigenvalue weighted by Crippen LogP contribution is 2.69. The number of allylic oxidation sites excluding steroid dienone is 2. The van der Waals surface area contributed by atoms with Crippen molar-refractivity contribution in [1.29, 1.82) is 0 Å². The van der Waals surface area contributed by atoms with Crippen LogP contribution in [0.2, 0.25) is 0 Å². The summed E-state index contributed by atoms with van der Waals surface area (Å²) in [7, 11) is 4.57. The highest BCUT2D eigenvalue weighted by Gasteiger charge is 2.71. The quantitative estimate of drug-likeness (QED) is 0.0705. The lowest BCUT2D eigenvalue weighted by Gasteiger charge is -2.63. The van der Waals surface area contributed by atoms with Crippen molar-refractivity contribution in [3.05, 3.63) is 23.3 Å². The number of hydrogen-bond acceptors (Lipinski definition) is 20. The molecule has 7 N–H and O–H groups in total. The second-order valence-corrected chi connectivity index (χ2v) is 22.8. The molecule has 4 aliphatic carbocycles. The minimum absolute atomic E-state index is 0.0426. The monoisotopic (exact) mass is 1040 g/mol. The fourth-order valence-electron chi connectivity index (χ4n) is 14.5. The van der Waals surface area contributed by atoms with Gasteiger partial charge in [0.15, 0.2) is 25.2 Å². The predicted octanol–water partition coefficient (Wildman–Crippen LogP) is 2.31. The van der Waals surface area contributed by atoms with Crippen LogP contribution in [0.25, 0.3) is 0 Å². The molecule has 4 aliphatic heterocycles. The molecule has 27 atom stereocenters. The van der Waals surface area contributed by atoms with Crippen molar-refractivity contribution in [2.75, 3.05) is 27.9 Å². The van der Waals surface area contributed by atoms with Crippen LogP contribution in [0.1, 0.15) is 113 Å². The Kier molecular flexibility index (Phi) is 18.0. The average molecular weight is 1040 g/mol. The molecule has 20 heteroatoms. The van der Waals surface area contributed by atoms with Crippen LogP contribution in [0.15, 0.2) is 23.3 Å². The fourth-order valence-corrected chi connectivity index (χ4v) is 14.5. The Labute approximate surface area is 429 Å². The number of aliphatic hydroxyl groups is 7. The van der Waals surface area contributed by atoms with Crippen molar-refractivity contribution >= 4 is 5.97 Å². The van der Waals surface area contributed by atoms with Gasteiger partial charge in [-0.05, 0) is 110 Å². The van der Waals surface area contributed by atoms with E-state index in [1.165, 1.54) is 12.7 Å². The van der Waals surface area contributed by atoms with Crippen molar-refractivity contribution in [2.24, 2.45) is 28.6 Å². The van der Waals surface area contributed by atoms with Crippen molar-refractivity contribution in [2.45, 2.75) is 248 Å². The maximum Gasteiger partial charge on any atom is 0.333 e. The minimum Gasteiger partial charge on any atom is -0.458 e. The fraction of sp³-hybridized carbons (Fsp3) is 0.906. The molecule has 20 nitrogen and oxygen atoms in total. The molecular formula is C53H86O20. The molecule has 0 spiro atoms. The first-order valence-electron chi connectivity index (χ1n) is 26.7. The molecule has 418 valence electrons. The minimum atomic E-state index is -1.67. The third-order valence-corrected chi connectivity index (χ3v) is 18.9. The van der Waals surface area contributed by atoms with Crippen molar-refractivity contribution in [3.8, 4) is 0 Å². The van der Waals surface area contributed by atoms with E-state index in [4.69, 9.17) is 56.8 Å². The van der Waals surface area contributed by atoms with Gasteiger partial charge in [-0.15, -0.1) is 0 Å². The largest absolute Gasteiger partial charge is 0.458 e. The zero-order valence-electron chi connectivity index (χ0n) is 44.5. The van der Waals surface area contributed by atoms with Crippen molar-refractivity contribution in [1.82, 2.24) is 0 Å². The molecule has 0 aromatic heterocycles. The van der Waals surface area contributed by atoms with E-state index in [1.807, 2.05) is 27.7 Å². The van der Waals surface area contributed by atoms with Gasteiger partial charge in [-0.3, -0.25) is 0 Å². The van der Waals surface area contributed by atoms with E-state index in [0.29, 0.717) is 44.1 Å². The summed E-state index contributed by atoms with van der Waals surface area (Å²) in [4.78, 5) is 13.4. The molecule has 1 unspecified atom stereocenters. The number of fused-ring (bicyclic) bond motifs is 5. The highest BCUT2D eigenvalue weighted by molar-refractivity contribution is 5.87. The van der Waals surface area contributed by atoms with E-state index < -0.39 is 140 Å². The van der Waals surface area contributed by atoms with E-state index in [-0.39, 0.29) is 41.7 Å². The Morgan fingerprint density at radius 1 is 0.753 bits per heavy atom. The number of ether oxygens (including phenoxy) is 12. The van der Waals surface area contributed by atoms with Crippen LogP contribution in [0.3, 0.4) is 0 Å². The van der Waals surface area contributed by atoms with E-state index >= 15 is 0 Å². The number of carbonyl (C=O) groups excluding carboxylic acids is 1. The van der Waals surface area contributed by atoms with Gasteiger partial charge >= 0.3 is 5.97 Å². The molecule has 0 bridgehead atoms. The predicted molar refractivity (Wildman–Crippen MR) is 257 cm³/mol. The van der Waals surface area contributed by atoms with Crippen LogP contribution >= 0.6 is 0 Å². The van der Waals surface area contributed by atoms with Gasteiger partial charge in [0.2, 0.25) is 0 Å². The molecule has 0 radical (unpaired) electrons. The summed E-state index contributed by atoms with van der Waals surface area (Å²) < 4.78 is 74.4. The van der Waals surface area contributed by atoms with Crippen molar-refractivity contribution < 1.29 is 97.4 Å². The zero-order chi connectivity index (χ0) is 53.1. The zero-order valence-corrected chi connectivity index (χ0v) is 44.5. The summed E-state index contributed by atoms with van der Waals surface area (Å²) in [5.74, 6) is -0.562. The molecule has 3 saturated carbocycles. The molecule has 0 aromatic rings. The van der Waals surface area contributed by atoms with E-state index in [0.717, 1.165) is 12.8 Å². The summed E-state index contributed by atoms with van der Waals surface area (Å²) in [5.41, 5.74) is -0.339. The Hall–Kier alpha value is -1.77. The lowest BCUT2D eigenvalue weighted by atomic mass is 9.44. The molecule has 73 heavy (non-hydrogen) atoms. The second-order valence-electron chi connectivity index (χ2n) is 22.8. The number of carbonyl (C=O) groups is 1. The van der Waals surface area contributed by atoms with Crippen molar-refractivity contribution in [3.63, 3.8) is 0 Å². The SMILES string of the molecule is C/C=C(\C)C(=O)O[C@@H]1C[C@H]2[C@@H](CC=C3C[C@@H](O[C@H]4C[C@H](OC)[C@@H](O[C@H]5C[C@H](OC)[C@@H](O[C@@H]6O[C@H](C)[C@@H](O[C@@H]7O[C@H](CO)[C@@H](O)[C@H](O)[C@H]7O)[C@@H](OC)[C@H]6O)[C@@H](C)O5)[C@@H](C)O4)CC[C@@]32C)[C@@]2(O)CC[C@H](C(C)O)[C@@]12C. The Morgan fingerprint density at radius 2 is 1.36 bits per heavy atom. The molecular weight excluding hydrogens is 957 g/mol. The maximum absolute atomic E-state index is 13.4. The van der Waals surface area contributed by atoms with E-state index in [2.05, 4.69) is 13.0 Å². The summed E-state index contributed by atoms with van der Waals surface area (Å²) in [6.45, 7) is 14.5. The number of aliphatic hydroxyl groups excluding tert-OH is 6. The summed E-state index contributed by atoms with van der Waals surface area (Å²) in [5, 5.41) is 76.2. The molecule has 7 fully saturated rings. The molecule has 4 heterocycles. The van der Waals surface area contributed by atoms with Crippen LogP contribution < -0.4 is 0 Å². The van der Waals surface area contributed by atoms with Crippen LogP contribution in [-0.2, 0) is 61.6 Å². The summed E-state index contributed by atoms with van der Waals surface area (Å²) >= 11 is 0. The third kappa shape index (κ3) is 10.5. The third-order valence-electron chi connectivity index (χ3n) is 18.9. The van der Waals surface area contributed by atoms with E-state index in [9.17, 15) is 40.5 Å². The van der Waals surface area contributed by atoms with Gasteiger partial charge in [-0.1, -0.05) is 31.6 Å². The normalized spacial score (nSPS) is 50.8. The number of methoxy groups -OCH3 is 3. The first-order valence-corrected chi connectivity index (χ1v) is 26.7. The van der Waals surface area contributed by atoms with Crippen LogP contribution in [-0.4, -0.2) is 204 Å². The highest BCUT2D eigenvalue weighted by atomic mass is 16.8. The van der Waals surface area contributed by atoms with Gasteiger partial charge in [0.25, 0.3) is 0 Å². The molecule has 0 amide bonds. The smallest absolute Gasteiger partial charge is 0.333 e. The first kappa shape index (κ1) is 57.4. The summed E-state index contributed by atoms with van der Waals surface area (Å²) in [6, 6.07) is 0. The van der Waals surface area contributed by atoms with Gasteiger partial charge < -0.3 is 92.6 Å². The molecule has 4 saturated heterocycles. The van der Waals surface area contributed by atoms with Crippen LogP contribution in [0.5, 0.6) is 0 Å². The lowest BCUT2D eigenvalue weighted by Crippen LogP contribution is -2.67. The molecule has 8 rings (SSSR count). The molecule has 8 aliphatic rings. The van der Waals surface area contributed by atoms with Gasteiger partial charge in [0, 0.05) is 45.2 Å². The van der Waals surface area contributed by atoms with Gasteiger partial charge in [-0.2, -0.15) is 0 Å². The average Bonchev–Trinajstić information content (AvgIpc) is 3.65. The first-order chi connectivity index (χ1) is 34.6. The molecule has 0 aromatic carbocycles. The lowest BCUT2D eigenvalue weighted by molar-refractivity contribution is -0.373. The van der Waals surface area contributed by atoms with Crippen LogP contribution in [0.4, 0.5) is 0 Å². The van der Waals surface area contributed by atoms with Gasteiger partial charge in [0.1, 0.15) is 61.0 Å². The Morgan fingerprint density at radius 3 is 1.96 bits per heavy atom.